The fourth-order valence-electron chi connectivity index (χ4n) is 3.84. The SMILES string of the molecule is CC1=Nc2c(c(=O)[nH]n2[C@@H]2CCOC(C)(C)C2)[C@H](c2cccc(Cl)c2F)S1. The van der Waals surface area contributed by atoms with Gasteiger partial charge in [0.1, 0.15) is 5.82 Å². The molecule has 2 atom stereocenters. The highest BCUT2D eigenvalue weighted by Crippen LogP contribution is 2.46. The molecule has 0 unspecified atom stereocenters. The van der Waals surface area contributed by atoms with Gasteiger partial charge < -0.3 is 4.74 Å². The first kappa shape index (κ1) is 18.8. The van der Waals surface area contributed by atoms with Crippen LogP contribution >= 0.6 is 23.4 Å². The normalized spacial score (nSPS) is 24.4. The number of hydrogen-bond donors (Lipinski definition) is 1. The molecule has 2 aromatic rings. The number of nitrogens with zero attached hydrogens (tertiary/aromatic N) is 2. The molecule has 3 heterocycles. The highest BCUT2D eigenvalue weighted by Gasteiger charge is 2.36. The lowest BCUT2D eigenvalue weighted by Crippen LogP contribution is -2.35. The van der Waals surface area contributed by atoms with E-state index >= 15 is 0 Å². The standard InChI is InChI=1S/C19H21ClFN3O2S/c1-10-22-17-14(16(27-10)12-5-4-6-13(20)15(12)21)18(25)23-24(17)11-7-8-26-19(2,3)9-11/h4-6,11,16H,7-9H2,1-3H3,(H,23,25)/t11-,16+/m1/s1. The fraction of sp³-hybridized carbons (Fsp3) is 0.474. The van der Waals surface area contributed by atoms with Crippen LogP contribution in [-0.4, -0.2) is 27.0 Å². The van der Waals surface area contributed by atoms with Gasteiger partial charge in [0.15, 0.2) is 5.82 Å². The molecule has 1 aromatic carbocycles. The molecule has 0 radical (unpaired) electrons. The zero-order valence-electron chi connectivity index (χ0n) is 15.4. The van der Waals surface area contributed by atoms with E-state index in [1.807, 2.05) is 25.5 Å². The van der Waals surface area contributed by atoms with E-state index < -0.39 is 11.1 Å². The highest BCUT2D eigenvalue weighted by molar-refractivity contribution is 8.14. The molecule has 0 saturated carbocycles. The van der Waals surface area contributed by atoms with Crippen LogP contribution in [0, 0.1) is 5.82 Å². The zero-order valence-corrected chi connectivity index (χ0v) is 17.0. The first-order chi connectivity index (χ1) is 12.8. The number of thioether (sulfide) groups is 1. The van der Waals surface area contributed by atoms with Crippen LogP contribution < -0.4 is 5.56 Å². The van der Waals surface area contributed by atoms with Crippen molar-refractivity contribution in [1.82, 2.24) is 9.78 Å². The summed E-state index contributed by atoms with van der Waals surface area (Å²) in [6.07, 6.45) is 1.56. The van der Waals surface area contributed by atoms with Crippen LogP contribution in [0.25, 0.3) is 0 Å². The van der Waals surface area contributed by atoms with E-state index in [2.05, 4.69) is 10.1 Å². The van der Waals surface area contributed by atoms with Gasteiger partial charge in [0.25, 0.3) is 5.56 Å². The fourth-order valence-corrected chi connectivity index (χ4v) is 5.14. The van der Waals surface area contributed by atoms with Crippen LogP contribution in [0.1, 0.15) is 56.0 Å². The van der Waals surface area contributed by atoms with E-state index in [-0.39, 0.29) is 22.2 Å². The number of halogens is 2. The maximum absolute atomic E-state index is 14.7. The van der Waals surface area contributed by atoms with Gasteiger partial charge in [0.05, 0.1) is 32.5 Å². The van der Waals surface area contributed by atoms with Crippen molar-refractivity contribution in [1.29, 1.82) is 0 Å². The topological polar surface area (TPSA) is 59.4 Å². The third kappa shape index (κ3) is 3.37. The van der Waals surface area contributed by atoms with E-state index in [0.717, 1.165) is 17.9 Å². The maximum Gasteiger partial charge on any atom is 0.271 e. The van der Waals surface area contributed by atoms with Crippen LogP contribution in [0.4, 0.5) is 10.2 Å². The third-order valence-electron chi connectivity index (χ3n) is 5.05. The van der Waals surface area contributed by atoms with Gasteiger partial charge in [-0.15, -0.1) is 0 Å². The van der Waals surface area contributed by atoms with Crippen LogP contribution in [0.3, 0.4) is 0 Å². The summed E-state index contributed by atoms with van der Waals surface area (Å²) in [7, 11) is 0. The van der Waals surface area contributed by atoms with Gasteiger partial charge in [-0.05, 0) is 39.7 Å². The predicted octanol–water partition coefficient (Wildman–Crippen LogP) is 4.99. The summed E-state index contributed by atoms with van der Waals surface area (Å²) >= 11 is 7.35. The van der Waals surface area contributed by atoms with Gasteiger partial charge in [-0.2, -0.15) is 0 Å². The van der Waals surface area contributed by atoms with Gasteiger partial charge in [0, 0.05) is 12.2 Å². The molecule has 1 saturated heterocycles. The number of hydrogen-bond acceptors (Lipinski definition) is 4. The Morgan fingerprint density at radius 1 is 1.44 bits per heavy atom. The molecule has 0 spiro atoms. The second kappa shape index (κ2) is 6.79. The number of aliphatic imine (C=N–C) groups is 1. The summed E-state index contributed by atoms with van der Waals surface area (Å²) in [5.41, 5.74) is 0.384. The van der Waals surface area contributed by atoms with Crippen molar-refractivity contribution >= 4 is 34.2 Å². The number of benzene rings is 1. The van der Waals surface area contributed by atoms with Crippen molar-refractivity contribution in [3.63, 3.8) is 0 Å². The first-order valence-electron chi connectivity index (χ1n) is 8.91. The summed E-state index contributed by atoms with van der Waals surface area (Å²) in [4.78, 5) is 17.5. The van der Waals surface area contributed by atoms with E-state index in [9.17, 15) is 9.18 Å². The van der Waals surface area contributed by atoms with Gasteiger partial charge >= 0.3 is 0 Å². The summed E-state index contributed by atoms with van der Waals surface area (Å²) in [5, 5.41) is 3.30. The Morgan fingerprint density at radius 3 is 2.96 bits per heavy atom. The Hall–Kier alpha value is -1.57. The van der Waals surface area contributed by atoms with Gasteiger partial charge in [-0.3, -0.25) is 14.6 Å². The largest absolute Gasteiger partial charge is 0.375 e. The average Bonchev–Trinajstić information content (AvgIpc) is 2.92. The Bertz CT molecular complexity index is 982. The molecular weight excluding hydrogens is 389 g/mol. The first-order valence-corrected chi connectivity index (χ1v) is 10.2. The minimum Gasteiger partial charge on any atom is -0.375 e. The predicted molar refractivity (Wildman–Crippen MR) is 107 cm³/mol. The summed E-state index contributed by atoms with van der Waals surface area (Å²) < 4.78 is 22.3. The maximum atomic E-state index is 14.7. The van der Waals surface area contributed by atoms with Crippen LogP contribution in [0.2, 0.25) is 5.02 Å². The van der Waals surface area contributed by atoms with E-state index in [4.69, 9.17) is 16.3 Å². The highest BCUT2D eigenvalue weighted by atomic mass is 35.5. The molecule has 1 aromatic heterocycles. The number of ether oxygens (including phenoxy) is 1. The molecular formula is C19H21ClFN3O2S. The molecule has 2 aliphatic heterocycles. The van der Waals surface area contributed by atoms with Gasteiger partial charge in [-0.1, -0.05) is 35.5 Å². The molecule has 4 rings (SSSR count). The Morgan fingerprint density at radius 2 is 2.22 bits per heavy atom. The van der Waals surface area contributed by atoms with Crippen molar-refractivity contribution < 1.29 is 9.13 Å². The smallest absolute Gasteiger partial charge is 0.271 e. The Labute approximate surface area is 165 Å². The lowest BCUT2D eigenvalue weighted by atomic mass is 9.94. The van der Waals surface area contributed by atoms with Gasteiger partial charge in [-0.25, -0.2) is 9.38 Å². The molecule has 8 heteroatoms. The molecule has 1 fully saturated rings. The van der Waals surface area contributed by atoms with E-state index in [1.54, 1.807) is 12.1 Å². The van der Waals surface area contributed by atoms with Crippen molar-refractivity contribution in [3.05, 3.63) is 50.5 Å². The second-order valence-corrected chi connectivity index (χ2v) is 9.28. The lowest BCUT2D eigenvalue weighted by molar-refractivity contribution is -0.0705. The number of aromatic amines is 1. The summed E-state index contributed by atoms with van der Waals surface area (Å²) in [5.74, 6) is 0.0972. The quantitative estimate of drug-likeness (QED) is 0.760. The summed E-state index contributed by atoms with van der Waals surface area (Å²) in [6, 6.07) is 4.97. The van der Waals surface area contributed by atoms with E-state index in [0.29, 0.717) is 23.6 Å². The average molecular weight is 410 g/mol. The Kier molecular flexibility index (Phi) is 4.72. The van der Waals surface area contributed by atoms with Crippen molar-refractivity contribution in [3.8, 4) is 0 Å². The monoisotopic (exact) mass is 409 g/mol. The minimum absolute atomic E-state index is 0.0526. The molecule has 0 bridgehead atoms. The van der Waals surface area contributed by atoms with Gasteiger partial charge in [0.2, 0.25) is 0 Å². The number of nitrogens with one attached hydrogen (secondary N) is 1. The van der Waals surface area contributed by atoms with E-state index in [1.165, 1.54) is 17.8 Å². The number of rotatable bonds is 2. The number of aromatic nitrogens is 2. The molecule has 0 aliphatic carbocycles. The van der Waals surface area contributed by atoms with Crippen molar-refractivity contribution in [2.45, 2.75) is 50.5 Å². The second-order valence-electron chi connectivity index (χ2n) is 7.57. The minimum atomic E-state index is -0.489. The summed E-state index contributed by atoms with van der Waals surface area (Å²) in [6.45, 7) is 6.58. The van der Waals surface area contributed by atoms with Crippen molar-refractivity contribution in [2.75, 3.05) is 6.61 Å². The van der Waals surface area contributed by atoms with Crippen molar-refractivity contribution in [2.24, 2.45) is 4.99 Å². The molecule has 0 amide bonds. The molecule has 5 nitrogen and oxygen atoms in total. The lowest BCUT2D eigenvalue weighted by Gasteiger charge is -2.36. The van der Waals surface area contributed by atoms with Crippen LogP contribution in [-0.2, 0) is 4.74 Å². The third-order valence-corrected chi connectivity index (χ3v) is 6.50. The molecule has 27 heavy (non-hydrogen) atoms. The molecule has 2 aliphatic rings. The van der Waals surface area contributed by atoms with Crippen LogP contribution in [0.5, 0.6) is 0 Å². The molecule has 1 N–H and O–H groups in total. The molecule has 144 valence electrons. The van der Waals surface area contributed by atoms with Crippen LogP contribution in [0.15, 0.2) is 28.0 Å². The zero-order chi connectivity index (χ0) is 19.3. The number of H-pyrrole nitrogens is 1. The number of fused-ring (bicyclic) bond motifs is 1. The Balaban J connectivity index is 1.83.